The molecule has 0 saturated heterocycles. The molecule has 3 rings (SSSR count). The summed E-state index contributed by atoms with van der Waals surface area (Å²) >= 11 is 0. The number of amides is 2. The van der Waals surface area contributed by atoms with Crippen molar-refractivity contribution in [1.82, 2.24) is 10.7 Å². The Bertz CT molecular complexity index is 1110. The van der Waals surface area contributed by atoms with Gasteiger partial charge >= 0.3 is 0 Å². The van der Waals surface area contributed by atoms with Gasteiger partial charge in [-0.2, -0.15) is 5.10 Å². The summed E-state index contributed by atoms with van der Waals surface area (Å²) in [6, 6.07) is 22.6. The standard InChI is InChI=1S/C26H27N3O3/c1-19(2)25(26(31)29-27-16-8-11-20-9-4-3-5-10-20)28-24(30)18-32-23-15-14-21-12-6-7-13-22(21)17-23/h3-17,19,25H,18H2,1-2H3,(H,28,30)(H,29,31)/b11-8+,27-16-. The lowest BCUT2D eigenvalue weighted by atomic mass is 10.0. The third kappa shape index (κ3) is 6.80. The lowest BCUT2D eigenvalue weighted by molar-refractivity contribution is -0.131. The lowest BCUT2D eigenvalue weighted by Gasteiger charge is -2.20. The molecule has 0 aromatic heterocycles. The van der Waals surface area contributed by atoms with Gasteiger partial charge in [-0.05, 0) is 40.5 Å². The molecule has 0 aliphatic carbocycles. The van der Waals surface area contributed by atoms with Gasteiger partial charge in [0.15, 0.2) is 6.61 Å². The van der Waals surface area contributed by atoms with Crippen molar-refractivity contribution in [3.63, 3.8) is 0 Å². The Morgan fingerprint density at radius 3 is 2.44 bits per heavy atom. The third-order valence-corrected chi connectivity index (χ3v) is 4.78. The van der Waals surface area contributed by atoms with Crippen LogP contribution in [0.3, 0.4) is 0 Å². The number of rotatable bonds is 9. The van der Waals surface area contributed by atoms with Crippen molar-refractivity contribution in [3.05, 3.63) is 84.4 Å². The van der Waals surface area contributed by atoms with Crippen LogP contribution >= 0.6 is 0 Å². The predicted molar refractivity (Wildman–Crippen MR) is 128 cm³/mol. The quantitative estimate of drug-likeness (QED) is 0.396. The van der Waals surface area contributed by atoms with Crippen molar-refractivity contribution in [2.45, 2.75) is 19.9 Å². The molecule has 0 aliphatic heterocycles. The minimum atomic E-state index is -0.724. The second-order valence-corrected chi connectivity index (χ2v) is 7.61. The zero-order valence-electron chi connectivity index (χ0n) is 18.2. The van der Waals surface area contributed by atoms with Gasteiger partial charge in [0, 0.05) is 6.21 Å². The molecular formula is C26H27N3O3. The smallest absolute Gasteiger partial charge is 0.262 e. The average Bonchev–Trinajstić information content (AvgIpc) is 2.81. The van der Waals surface area contributed by atoms with Crippen LogP contribution in [0, 0.1) is 5.92 Å². The lowest BCUT2D eigenvalue weighted by Crippen LogP contribution is -2.49. The third-order valence-electron chi connectivity index (χ3n) is 4.78. The summed E-state index contributed by atoms with van der Waals surface area (Å²) < 4.78 is 5.61. The van der Waals surface area contributed by atoms with Gasteiger partial charge in [0.2, 0.25) is 0 Å². The summed E-state index contributed by atoms with van der Waals surface area (Å²) in [6.45, 7) is 3.53. The van der Waals surface area contributed by atoms with Gasteiger partial charge in [-0.3, -0.25) is 9.59 Å². The summed E-state index contributed by atoms with van der Waals surface area (Å²) in [7, 11) is 0. The normalized spacial score (nSPS) is 12.3. The van der Waals surface area contributed by atoms with E-state index in [9.17, 15) is 9.59 Å². The van der Waals surface area contributed by atoms with Crippen LogP contribution in [0.5, 0.6) is 5.75 Å². The largest absolute Gasteiger partial charge is 0.484 e. The molecule has 0 heterocycles. The Hall–Kier alpha value is -3.93. The van der Waals surface area contributed by atoms with Gasteiger partial charge in [-0.1, -0.05) is 80.6 Å². The van der Waals surface area contributed by atoms with Crippen LogP contribution in [0.15, 0.2) is 84.0 Å². The number of hydrogen-bond donors (Lipinski definition) is 2. The van der Waals surface area contributed by atoms with E-state index in [1.165, 1.54) is 6.21 Å². The van der Waals surface area contributed by atoms with Crippen molar-refractivity contribution in [2.75, 3.05) is 6.61 Å². The highest BCUT2D eigenvalue weighted by Crippen LogP contribution is 2.20. The van der Waals surface area contributed by atoms with E-state index in [4.69, 9.17) is 4.74 Å². The molecule has 1 atom stereocenters. The Morgan fingerprint density at radius 1 is 0.969 bits per heavy atom. The molecule has 2 N–H and O–H groups in total. The fourth-order valence-electron chi connectivity index (χ4n) is 3.09. The zero-order valence-corrected chi connectivity index (χ0v) is 18.2. The number of allylic oxidation sites excluding steroid dienone is 1. The Labute approximate surface area is 188 Å². The first-order chi connectivity index (χ1) is 15.5. The molecule has 32 heavy (non-hydrogen) atoms. The van der Waals surface area contributed by atoms with Gasteiger partial charge < -0.3 is 10.1 Å². The molecule has 0 spiro atoms. The van der Waals surface area contributed by atoms with Gasteiger partial charge in [0.25, 0.3) is 11.8 Å². The van der Waals surface area contributed by atoms with Crippen molar-refractivity contribution < 1.29 is 14.3 Å². The summed E-state index contributed by atoms with van der Waals surface area (Å²) in [5.41, 5.74) is 3.50. The SMILES string of the molecule is CC(C)C(NC(=O)COc1ccc2ccccc2c1)C(=O)N/N=C\C=C\c1ccccc1. The zero-order chi connectivity index (χ0) is 22.8. The van der Waals surface area contributed by atoms with Gasteiger partial charge in [0.05, 0.1) is 0 Å². The van der Waals surface area contributed by atoms with Crippen molar-refractivity contribution in [3.8, 4) is 5.75 Å². The van der Waals surface area contributed by atoms with Gasteiger partial charge in [0.1, 0.15) is 11.8 Å². The molecule has 2 amide bonds. The molecule has 0 saturated carbocycles. The Morgan fingerprint density at radius 2 is 1.69 bits per heavy atom. The van der Waals surface area contributed by atoms with Crippen LogP contribution in [-0.4, -0.2) is 30.7 Å². The van der Waals surface area contributed by atoms with Crippen LogP contribution in [0.1, 0.15) is 19.4 Å². The summed E-state index contributed by atoms with van der Waals surface area (Å²) in [5.74, 6) is -0.280. The van der Waals surface area contributed by atoms with Crippen LogP contribution < -0.4 is 15.5 Å². The molecule has 0 fully saturated rings. The molecule has 1 unspecified atom stereocenters. The number of benzene rings is 3. The number of carbonyl (C=O) groups excluding carboxylic acids is 2. The van der Waals surface area contributed by atoms with Crippen molar-refractivity contribution in [1.29, 1.82) is 0 Å². The molecule has 6 nitrogen and oxygen atoms in total. The maximum absolute atomic E-state index is 12.5. The maximum atomic E-state index is 12.5. The first-order valence-corrected chi connectivity index (χ1v) is 10.5. The second kappa shape index (κ2) is 11.5. The molecule has 6 heteroatoms. The topological polar surface area (TPSA) is 79.8 Å². The molecule has 0 radical (unpaired) electrons. The first-order valence-electron chi connectivity index (χ1n) is 10.5. The summed E-state index contributed by atoms with van der Waals surface area (Å²) in [5, 5.41) is 8.78. The van der Waals surface area contributed by atoms with Crippen LogP contribution in [0.25, 0.3) is 16.8 Å². The molecule has 164 valence electrons. The maximum Gasteiger partial charge on any atom is 0.262 e. The highest BCUT2D eigenvalue weighted by molar-refractivity contribution is 5.89. The number of fused-ring (bicyclic) bond motifs is 1. The summed E-state index contributed by atoms with van der Waals surface area (Å²) in [4.78, 5) is 24.8. The average molecular weight is 430 g/mol. The Balaban J connectivity index is 1.49. The second-order valence-electron chi connectivity index (χ2n) is 7.61. The number of carbonyl (C=O) groups is 2. The van der Waals surface area contributed by atoms with E-state index in [1.807, 2.05) is 92.7 Å². The highest BCUT2D eigenvalue weighted by Gasteiger charge is 2.24. The van der Waals surface area contributed by atoms with Crippen LogP contribution in [0.4, 0.5) is 0 Å². The fourth-order valence-corrected chi connectivity index (χ4v) is 3.09. The van der Waals surface area contributed by atoms with E-state index in [2.05, 4.69) is 15.8 Å². The number of hydrogen-bond acceptors (Lipinski definition) is 4. The van der Waals surface area contributed by atoms with E-state index in [0.29, 0.717) is 5.75 Å². The molecule has 0 bridgehead atoms. The van der Waals surface area contributed by atoms with Crippen molar-refractivity contribution in [2.24, 2.45) is 11.0 Å². The first kappa shape index (κ1) is 22.7. The van der Waals surface area contributed by atoms with Crippen LogP contribution in [0.2, 0.25) is 0 Å². The predicted octanol–water partition coefficient (Wildman–Crippen LogP) is 4.17. The van der Waals surface area contributed by atoms with Crippen molar-refractivity contribution >= 4 is 34.9 Å². The van der Waals surface area contributed by atoms with E-state index in [-0.39, 0.29) is 24.3 Å². The minimum absolute atomic E-state index is 0.116. The van der Waals surface area contributed by atoms with E-state index < -0.39 is 6.04 Å². The van der Waals surface area contributed by atoms with Gasteiger partial charge in [-0.15, -0.1) is 0 Å². The van der Waals surface area contributed by atoms with Crippen LogP contribution in [-0.2, 0) is 9.59 Å². The number of hydrazone groups is 1. The molecule has 0 aliphatic rings. The number of ether oxygens (including phenoxy) is 1. The molecular weight excluding hydrogens is 402 g/mol. The van der Waals surface area contributed by atoms with E-state index in [1.54, 1.807) is 6.08 Å². The number of nitrogens with zero attached hydrogens (tertiary/aromatic N) is 1. The highest BCUT2D eigenvalue weighted by atomic mass is 16.5. The monoisotopic (exact) mass is 429 g/mol. The summed E-state index contributed by atoms with van der Waals surface area (Å²) in [6.07, 6.45) is 5.10. The number of nitrogens with one attached hydrogen (secondary N) is 2. The minimum Gasteiger partial charge on any atom is -0.484 e. The van der Waals surface area contributed by atoms with E-state index in [0.717, 1.165) is 16.3 Å². The van der Waals surface area contributed by atoms with E-state index >= 15 is 0 Å². The van der Waals surface area contributed by atoms with Gasteiger partial charge in [-0.25, -0.2) is 5.43 Å². The molecule has 3 aromatic rings. The Kier molecular flexibility index (Phi) is 8.15. The fraction of sp³-hybridized carbons (Fsp3) is 0.192. The molecule has 3 aromatic carbocycles.